The number of amides is 2. The van der Waals surface area contributed by atoms with Crippen molar-refractivity contribution in [1.82, 2.24) is 0 Å². The summed E-state index contributed by atoms with van der Waals surface area (Å²) in [7, 11) is 3.09. The van der Waals surface area contributed by atoms with Crippen LogP contribution in [0.2, 0.25) is 0 Å². The number of anilines is 2. The van der Waals surface area contributed by atoms with Crippen molar-refractivity contribution >= 4 is 23.2 Å². The first-order valence-corrected chi connectivity index (χ1v) is 9.83. The van der Waals surface area contributed by atoms with Gasteiger partial charge in [-0.3, -0.25) is 9.59 Å². The number of ether oxygens (including phenoxy) is 3. The molecule has 30 heavy (non-hydrogen) atoms. The van der Waals surface area contributed by atoms with Gasteiger partial charge in [-0.05, 0) is 24.3 Å². The van der Waals surface area contributed by atoms with Gasteiger partial charge in [-0.2, -0.15) is 0 Å². The van der Waals surface area contributed by atoms with E-state index < -0.39 is 23.5 Å². The first-order chi connectivity index (χ1) is 14.6. The van der Waals surface area contributed by atoms with E-state index in [-0.39, 0.29) is 11.8 Å². The highest BCUT2D eigenvalue weighted by atomic mass is 16.5. The number of para-hydroxylation sites is 1. The maximum Gasteiger partial charge on any atom is 0.234 e. The van der Waals surface area contributed by atoms with Crippen molar-refractivity contribution in [2.24, 2.45) is 11.8 Å². The van der Waals surface area contributed by atoms with Crippen LogP contribution in [0.5, 0.6) is 11.5 Å². The first-order valence-electron chi connectivity index (χ1n) is 9.83. The second kappa shape index (κ2) is 6.88. The second-order valence-corrected chi connectivity index (χ2v) is 7.72. The topological polar surface area (TPSA) is 77.1 Å². The van der Waals surface area contributed by atoms with Crippen LogP contribution in [0.1, 0.15) is 0 Å². The van der Waals surface area contributed by atoms with E-state index in [1.165, 1.54) is 7.11 Å². The smallest absolute Gasteiger partial charge is 0.234 e. The van der Waals surface area contributed by atoms with Crippen molar-refractivity contribution in [1.29, 1.82) is 0 Å². The zero-order chi connectivity index (χ0) is 20.9. The Kier molecular flexibility index (Phi) is 4.29. The molecule has 0 radical (unpaired) electrons. The van der Waals surface area contributed by atoms with Crippen LogP contribution in [0.4, 0.5) is 11.4 Å². The third-order valence-corrected chi connectivity index (χ3v) is 6.12. The Balaban J connectivity index is 1.41. The maximum atomic E-state index is 13.3. The SMILES string of the molecule is COc1ccc(NC(=O)[C@@H]2[C@H]3C=C[C@]4(CN(c5ccccc5)C(=O)[C@@H]24)O3)cc1OC. The van der Waals surface area contributed by atoms with E-state index in [2.05, 4.69) is 5.32 Å². The molecule has 5 rings (SSSR count). The predicted molar refractivity (Wildman–Crippen MR) is 111 cm³/mol. The van der Waals surface area contributed by atoms with Crippen LogP contribution in [0, 0.1) is 11.8 Å². The Bertz CT molecular complexity index is 1040. The number of rotatable bonds is 5. The van der Waals surface area contributed by atoms with E-state index in [0.29, 0.717) is 23.7 Å². The Morgan fingerprint density at radius 3 is 2.63 bits per heavy atom. The zero-order valence-corrected chi connectivity index (χ0v) is 16.7. The lowest BCUT2D eigenvalue weighted by molar-refractivity contribution is -0.128. The highest BCUT2D eigenvalue weighted by Gasteiger charge is 2.67. The van der Waals surface area contributed by atoms with Gasteiger partial charge in [0.1, 0.15) is 5.60 Å². The summed E-state index contributed by atoms with van der Waals surface area (Å²) >= 11 is 0. The van der Waals surface area contributed by atoms with E-state index in [1.807, 2.05) is 42.5 Å². The Morgan fingerprint density at radius 1 is 1.13 bits per heavy atom. The number of fused-ring (bicyclic) bond motifs is 1. The summed E-state index contributed by atoms with van der Waals surface area (Å²) in [5, 5.41) is 2.92. The Labute approximate surface area is 174 Å². The average molecular weight is 406 g/mol. The third kappa shape index (κ3) is 2.69. The molecule has 1 spiro atoms. The second-order valence-electron chi connectivity index (χ2n) is 7.72. The van der Waals surface area contributed by atoms with Gasteiger partial charge in [0.25, 0.3) is 0 Å². The molecule has 7 heteroatoms. The number of nitrogens with one attached hydrogen (secondary N) is 1. The molecule has 3 aliphatic rings. The van der Waals surface area contributed by atoms with E-state index in [0.717, 1.165) is 5.69 Å². The van der Waals surface area contributed by atoms with Gasteiger partial charge in [0.15, 0.2) is 11.5 Å². The molecule has 0 aliphatic carbocycles. The molecule has 3 heterocycles. The molecule has 2 saturated heterocycles. The largest absolute Gasteiger partial charge is 0.493 e. The normalized spacial score (nSPS) is 28.5. The molecule has 1 N–H and O–H groups in total. The molecule has 0 saturated carbocycles. The minimum Gasteiger partial charge on any atom is -0.493 e. The quantitative estimate of drug-likeness (QED) is 0.773. The molecule has 2 bridgehead atoms. The lowest BCUT2D eigenvalue weighted by Crippen LogP contribution is -2.41. The van der Waals surface area contributed by atoms with Crippen molar-refractivity contribution in [3.8, 4) is 11.5 Å². The van der Waals surface area contributed by atoms with Crippen LogP contribution in [0.25, 0.3) is 0 Å². The van der Waals surface area contributed by atoms with Crippen LogP contribution in [0.15, 0.2) is 60.7 Å². The summed E-state index contributed by atoms with van der Waals surface area (Å²) in [5.74, 6) is -0.377. The molecule has 2 aromatic rings. The molecular weight excluding hydrogens is 384 g/mol. The molecule has 2 fully saturated rings. The van der Waals surface area contributed by atoms with Crippen LogP contribution < -0.4 is 19.7 Å². The van der Waals surface area contributed by atoms with Crippen molar-refractivity contribution in [2.75, 3.05) is 31.0 Å². The van der Waals surface area contributed by atoms with E-state index in [1.54, 1.807) is 30.2 Å². The molecule has 0 aromatic heterocycles. The number of benzene rings is 2. The van der Waals surface area contributed by atoms with Gasteiger partial charge in [0.2, 0.25) is 11.8 Å². The lowest BCUT2D eigenvalue weighted by atomic mass is 9.77. The summed E-state index contributed by atoms with van der Waals surface area (Å²) in [5.41, 5.74) is 0.631. The Morgan fingerprint density at radius 2 is 1.90 bits per heavy atom. The molecule has 2 aromatic carbocycles. The summed E-state index contributed by atoms with van der Waals surface area (Å²) in [6.07, 6.45) is 3.44. The lowest BCUT2D eigenvalue weighted by Gasteiger charge is -2.23. The van der Waals surface area contributed by atoms with Crippen LogP contribution >= 0.6 is 0 Å². The molecule has 2 amide bonds. The van der Waals surface area contributed by atoms with Crippen molar-refractivity contribution < 1.29 is 23.8 Å². The summed E-state index contributed by atoms with van der Waals surface area (Å²) in [6.45, 7) is 0.410. The molecule has 7 nitrogen and oxygen atoms in total. The summed E-state index contributed by atoms with van der Waals surface area (Å²) in [4.78, 5) is 28.3. The molecular formula is C23H22N2O5. The fourth-order valence-corrected chi connectivity index (χ4v) is 4.76. The zero-order valence-electron chi connectivity index (χ0n) is 16.7. The van der Waals surface area contributed by atoms with Crippen molar-refractivity contribution in [2.45, 2.75) is 11.7 Å². The first kappa shape index (κ1) is 18.7. The minimum absolute atomic E-state index is 0.0829. The highest BCUT2D eigenvalue weighted by Crippen LogP contribution is 2.52. The van der Waals surface area contributed by atoms with Gasteiger partial charge in [-0.25, -0.2) is 0 Å². The summed E-state index contributed by atoms with van der Waals surface area (Å²) < 4.78 is 16.7. The molecule has 154 valence electrons. The summed E-state index contributed by atoms with van der Waals surface area (Å²) in [6, 6.07) is 14.6. The van der Waals surface area contributed by atoms with Gasteiger partial charge in [0.05, 0.1) is 38.7 Å². The monoisotopic (exact) mass is 406 g/mol. The minimum atomic E-state index is -0.753. The van der Waals surface area contributed by atoms with E-state index in [9.17, 15) is 9.59 Å². The number of hydrogen-bond acceptors (Lipinski definition) is 5. The number of nitrogens with zero attached hydrogens (tertiary/aromatic N) is 1. The number of carbonyl (C=O) groups is 2. The van der Waals surface area contributed by atoms with Crippen LogP contribution in [-0.4, -0.2) is 44.3 Å². The van der Waals surface area contributed by atoms with Crippen molar-refractivity contribution in [3.63, 3.8) is 0 Å². The number of methoxy groups -OCH3 is 2. The van der Waals surface area contributed by atoms with Gasteiger partial charge in [0, 0.05) is 17.4 Å². The van der Waals surface area contributed by atoms with Gasteiger partial charge in [-0.15, -0.1) is 0 Å². The van der Waals surface area contributed by atoms with Crippen LogP contribution in [0.3, 0.4) is 0 Å². The maximum absolute atomic E-state index is 13.3. The Hall–Kier alpha value is -3.32. The highest BCUT2D eigenvalue weighted by molar-refractivity contribution is 6.05. The van der Waals surface area contributed by atoms with E-state index in [4.69, 9.17) is 14.2 Å². The predicted octanol–water partition coefficient (Wildman–Crippen LogP) is 2.63. The fourth-order valence-electron chi connectivity index (χ4n) is 4.76. The molecule has 3 aliphatic heterocycles. The average Bonchev–Trinajstić information content (AvgIpc) is 3.42. The van der Waals surface area contributed by atoms with Gasteiger partial charge in [-0.1, -0.05) is 30.4 Å². The van der Waals surface area contributed by atoms with Gasteiger partial charge >= 0.3 is 0 Å². The van der Waals surface area contributed by atoms with Crippen LogP contribution in [-0.2, 0) is 14.3 Å². The number of carbonyl (C=O) groups excluding carboxylic acids is 2. The number of hydrogen-bond donors (Lipinski definition) is 1. The fraction of sp³-hybridized carbons (Fsp3) is 0.304. The molecule has 4 atom stereocenters. The standard InChI is InChI=1S/C23H22N2O5/c1-28-16-9-8-14(12-18(16)29-2)24-21(26)19-17-10-11-23(30-17)13-25(22(27)20(19)23)15-6-4-3-5-7-15/h3-12,17,19-20H,13H2,1-2H3,(H,24,26)/t17-,19-,20-,23-/m1/s1. The van der Waals surface area contributed by atoms with Gasteiger partial charge < -0.3 is 24.4 Å². The van der Waals surface area contributed by atoms with E-state index >= 15 is 0 Å². The van der Waals surface area contributed by atoms with Crippen molar-refractivity contribution in [3.05, 3.63) is 60.7 Å². The molecule has 0 unspecified atom stereocenters. The third-order valence-electron chi connectivity index (χ3n) is 6.12.